The third-order valence-electron chi connectivity index (χ3n) is 2.85. The van der Waals surface area contributed by atoms with E-state index < -0.39 is 0 Å². The molecule has 3 heteroatoms. The number of hydrogen-bond acceptors (Lipinski definition) is 2. The zero-order valence-corrected chi connectivity index (χ0v) is 11.3. The molecule has 0 unspecified atom stereocenters. The van der Waals surface area contributed by atoms with Gasteiger partial charge in [0.05, 0.1) is 5.39 Å². The average Bonchev–Trinajstić information content (AvgIpc) is 2.24. The van der Waals surface area contributed by atoms with Crippen LogP contribution in [-0.2, 0) is 6.42 Å². The van der Waals surface area contributed by atoms with Crippen molar-refractivity contribution in [3.8, 4) is 11.5 Å². The van der Waals surface area contributed by atoms with Crippen molar-refractivity contribution in [1.82, 2.24) is 0 Å². The van der Waals surface area contributed by atoms with E-state index in [1.54, 1.807) is 12.1 Å². The van der Waals surface area contributed by atoms with Crippen LogP contribution in [0.2, 0.25) is 0 Å². The molecule has 17 heavy (non-hydrogen) atoms. The molecule has 2 aromatic rings. The number of unbranched alkanes of at least 4 members (excludes halogenated alkanes) is 1. The topological polar surface area (TPSA) is 40.5 Å². The predicted molar refractivity (Wildman–Crippen MR) is 73.6 cm³/mol. The highest BCUT2D eigenvalue weighted by Crippen LogP contribution is 2.36. The number of fused-ring (bicyclic) bond motifs is 1. The minimum atomic E-state index is 0.105. The van der Waals surface area contributed by atoms with Gasteiger partial charge in [0.1, 0.15) is 11.5 Å². The molecular weight excluding hydrogens is 280 g/mol. The van der Waals surface area contributed by atoms with E-state index in [0.29, 0.717) is 5.39 Å². The first-order chi connectivity index (χ1) is 8.11. The highest BCUT2D eigenvalue weighted by atomic mass is 79.9. The Kier molecular flexibility index (Phi) is 3.57. The summed E-state index contributed by atoms with van der Waals surface area (Å²) in [6, 6.07) is 7.26. The van der Waals surface area contributed by atoms with Gasteiger partial charge in [0.25, 0.3) is 0 Å². The van der Waals surface area contributed by atoms with Crippen LogP contribution < -0.4 is 0 Å². The highest BCUT2D eigenvalue weighted by Gasteiger charge is 2.08. The van der Waals surface area contributed by atoms with Crippen molar-refractivity contribution in [3.63, 3.8) is 0 Å². The Bertz CT molecular complexity index is 549. The minimum Gasteiger partial charge on any atom is -0.507 e. The summed E-state index contributed by atoms with van der Waals surface area (Å²) in [5.74, 6) is 0.257. The van der Waals surface area contributed by atoms with Crippen LogP contribution in [0.1, 0.15) is 25.3 Å². The van der Waals surface area contributed by atoms with Crippen LogP contribution in [0.25, 0.3) is 10.8 Å². The minimum absolute atomic E-state index is 0.105. The molecule has 0 amide bonds. The summed E-state index contributed by atoms with van der Waals surface area (Å²) < 4.78 is 0.814. The number of phenolic OH excluding ortho intramolecular Hbond substituents is 2. The van der Waals surface area contributed by atoms with Crippen molar-refractivity contribution >= 4 is 26.7 Å². The molecular formula is C14H15BrO2. The largest absolute Gasteiger partial charge is 0.507 e. The molecule has 2 nitrogen and oxygen atoms in total. The summed E-state index contributed by atoms with van der Waals surface area (Å²) in [5, 5.41) is 21.1. The number of aryl methyl sites for hydroxylation is 1. The summed E-state index contributed by atoms with van der Waals surface area (Å²) >= 11 is 3.34. The molecule has 0 aliphatic heterocycles. The Labute approximate surface area is 109 Å². The average molecular weight is 295 g/mol. The monoisotopic (exact) mass is 294 g/mol. The molecule has 0 saturated heterocycles. The number of aromatic hydroxyl groups is 2. The zero-order chi connectivity index (χ0) is 12.4. The summed E-state index contributed by atoms with van der Waals surface area (Å²) in [6.45, 7) is 2.14. The maximum absolute atomic E-state index is 9.95. The van der Waals surface area contributed by atoms with E-state index in [4.69, 9.17) is 0 Å². The van der Waals surface area contributed by atoms with E-state index in [0.717, 1.165) is 34.7 Å². The second kappa shape index (κ2) is 4.96. The summed E-state index contributed by atoms with van der Waals surface area (Å²) in [6.07, 6.45) is 3.18. The Morgan fingerprint density at radius 3 is 2.47 bits per heavy atom. The van der Waals surface area contributed by atoms with E-state index in [1.807, 2.05) is 12.1 Å². The van der Waals surface area contributed by atoms with Crippen LogP contribution in [0.15, 0.2) is 28.7 Å². The quantitative estimate of drug-likeness (QED) is 0.883. The van der Waals surface area contributed by atoms with Crippen molar-refractivity contribution in [2.45, 2.75) is 26.2 Å². The second-order valence-corrected chi connectivity index (χ2v) is 5.16. The Morgan fingerprint density at radius 1 is 1.06 bits per heavy atom. The number of halogens is 1. The van der Waals surface area contributed by atoms with Gasteiger partial charge in [0, 0.05) is 4.47 Å². The van der Waals surface area contributed by atoms with Crippen LogP contribution in [0, 0.1) is 0 Å². The molecule has 0 bridgehead atoms. The Morgan fingerprint density at radius 2 is 1.76 bits per heavy atom. The third-order valence-corrected chi connectivity index (χ3v) is 3.31. The second-order valence-electron chi connectivity index (χ2n) is 4.24. The molecule has 0 fully saturated rings. The number of benzene rings is 2. The van der Waals surface area contributed by atoms with Gasteiger partial charge in [-0.1, -0.05) is 35.3 Å². The zero-order valence-electron chi connectivity index (χ0n) is 9.70. The van der Waals surface area contributed by atoms with Gasteiger partial charge >= 0.3 is 0 Å². The van der Waals surface area contributed by atoms with Gasteiger partial charge in [0.2, 0.25) is 0 Å². The molecule has 0 radical (unpaired) electrons. The standard InChI is InChI=1S/C14H15BrO2/c1-2-3-4-9-5-10-7-11(15)8-13(17)14(10)12(16)6-9/h5-8,16-17H,2-4H2,1H3. The summed E-state index contributed by atoms with van der Waals surface area (Å²) in [5.41, 5.74) is 1.11. The SMILES string of the molecule is CCCCc1cc(O)c2c(O)cc(Br)cc2c1. The van der Waals surface area contributed by atoms with Crippen molar-refractivity contribution in [3.05, 3.63) is 34.3 Å². The third kappa shape index (κ3) is 2.55. The van der Waals surface area contributed by atoms with Gasteiger partial charge in [-0.3, -0.25) is 0 Å². The van der Waals surface area contributed by atoms with E-state index >= 15 is 0 Å². The molecule has 0 aliphatic rings. The molecule has 0 heterocycles. The lowest BCUT2D eigenvalue weighted by Crippen LogP contribution is -1.86. The number of hydrogen-bond donors (Lipinski definition) is 2. The molecule has 0 spiro atoms. The van der Waals surface area contributed by atoms with Crippen molar-refractivity contribution < 1.29 is 10.2 Å². The molecule has 2 rings (SSSR count). The Hall–Kier alpha value is -1.22. The maximum atomic E-state index is 9.95. The number of phenols is 2. The molecule has 90 valence electrons. The van der Waals surface area contributed by atoms with Crippen LogP contribution in [0.3, 0.4) is 0 Å². The molecule has 0 aliphatic carbocycles. The molecule has 2 aromatic carbocycles. The predicted octanol–water partition coefficient (Wildman–Crippen LogP) is 4.36. The molecule has 0 saturated carbocycles. The van der Waals surface area contributed by atoms with Gasteiger partial charge in [0.15, 0.2) is 0 Å². The molecule has 0 atom stereocenters. The smallest absolute Gasteiger partial charge is 0.128 e. The first kappa shape index (κ1) is 12.2. The fraction of sp³-hybridized carbons (Fsp3) is 0.286. The van der Waals surface area contributed by atoms with Crippen molar-refractivity contribution in [2.75, 3.05) is 0 Å². The van der Waals surface area contributed by atoms with E-state index in [-0.39, 0.29) is 11.5 Å². The van der Waals surface area contributed by atoms with Gasteiger partial charge < -0.3 is 10.2 Å². The van der Waals surface area contributed by atoms with Crippen LogP contribution in [0.5, 0.6) is 11.5 Å². The van der Waals surface area contributed by atoms with E-state index in [9.17, 15) is 10.2 Å². The Balaban J connectivity index is 2.56. The normalized spacial score (nSPS) is 10.9. The number of rotatable bonds is 3. The fourth-order valence-corrected chi connectivity index (χ4v) is 2.48. The molecule has 0 aromatic heterocycles. The lowest BCUT2D eigenvalue weighted by atomic mass is 10.0. The van der Waals surface area contributed by atoms with Gasteiger partial charge in [-0.2, -0.15) is 0 Å². The van der Waals surface area contributed by atoms with Crippen molar-refractivity contribution in [1.29, 1.82) is 0 Å². The molecule has 2 N–H and O–H groups in total. The van der Waals surface area contributed by atoms with Gasteiger partial charge in [-0.15, -0.1) is 0 Å². The first-order valence-electron chi connectivity index (χ1n) is 5.76. The lowest BCUT2D eigenvalue weighted by molar-refractivity contribution is 0.463. The van der Waals surface area contributed by atoms with E-state index in [2.05, 4.69) is 22.9 Å². The van der Waals surface area contributed by atoms with Crippen LogP contribution in [0.4, 0.5) is 0 Å². The highest BCUT2D eigenvalue weighted by molar-refractivity contribution is 9.10. The summed E-state index contributed by atoms with van der Waals surface area (Å²) in [4.78, 5) is 0. The van der Waals surface area contributed by atoms with Gasteiger partial charge in [-0.05, 0) is 42.0 Å². The first-order valence-corrected chi connectivity index (χ1v) is 6.55. The summed E-state index contributed by atoms with van der Waals surface area (Å²) in [7, 11) is 0. The van der Waals surface area contributed by atoms with Crippen LogP contribution in [-0.4, -0.2) is 10.2 Å². The fourth-order valence-electron chi connectivity index (χ4n) is 2.02. The van der Waals surface area contributed by atoms with E-state index in [1.165, 1.54) is 0 Å². The van der Waals surface area contributed by atoms with Crippen LogP contribution >= 0.6 is 15.9 Å². The lowest BCUT2D eigenvalue weighted by Gasteiger charge is -2.08. The maximum Gasteiger partial charge on any atom is 0.128 e. The van der Waals surface area contributed by atoms with Gasteiger partial charge in [-0.25, -0.2) is 0 Å². The van der Waals surface area contributed by atoms with Crippen molar-refractivity contribution in [2.24, 2.45) is 0 Å².